The van der Waals surface area contributed by atoms with Gasteiger partial charge in [0.15, 0.2) is 0 Å². The zero-order valence-electron chi connectivity index (χ0n) is 10.9. The van der Waals surface area contributed by atoms with Crippen molar-refractivity contribution in [2.45, 2.75) is 19.3 Å². The summed E-state index contributed by atoms with van der Waals surface area (Å²) in [5.41, 5.74) is 10.3. The molecule has 0 radical (unpaired) electrons. The molecule has 0 spiro atoms. The Morgan fingerprint density at radius 1 is 1.42 bits per heavy atom. The van der Waals surface area contributed by atoms with Gasteiger partial charge in [-0.1, -0.05) is 43.3 Å². The van der Waals surface area contributed by atoms with Crippen LogP contribution in [0.5, 0.6) is 0 Å². The molecular formula is C16H17NO2. The van der Waals surface area contributed by atoms with Crippen molar-refractivity contribution in [3.63, 3.8) is 0 Å². The molecule has 2 atom stereocenters. The summed E-state index contributed by atoms with van der Waals surface area (Å²) in [6.07, 6.45) is 4.73. The Kier molecular flexibility index (Phi) is 2.90. The van der Waals surface area contributed by atoms with E-state index in [1.54, 1.807) is 0 Å². The average molecular weight is 255 g/mol. The number of fused-ring (bicyclic) bond motifs is 2. The van der Waals surface area contributed by atoms with E-state index >= 15 is 0 Å². The van der Waals surface area contributed by atoms with Gasteiger partial charge in [0.1, 0.15) is 6.61 Å². The van der Waals surface area contributed by atoms with Crippen LogP contribution in [0.15, 0.2) is 42.0 Å². The van der Waals surface area contributed by atoms with Crippen LogP contribution in [-0.2, 0) is 4.74 Å². The van der Waals surface area contributed by atoms with Crippen LogP contribution < -0.4 is 5.73 Å². The van der Waals surface area contributed by atoms with Gasteiger partial charge < -0.3 is 10.5 Å². The number of amides is 1. The number of primary amides is 1. The second kappa shape index (κ2) is 4.57. The van der Waals surface area contributed by atoms with Gasteiger partial charge >= 0.3 is 6.09 Å². The van der Waals surface area contributed by atoms with Gasteiger partial charge in [-0.15, -0.1) is 0 Å². The van der Waals surface area contributed by atoms with E-state index in [1.165, 1.54) is 22.3 Å². The van der Waals surface area contributed by atoms with Crippen molar-refractivity contribution in [2.75, 3.05) is 6.61 Å². The normalized spacial score (nSPS) is 24.1. The standard InChI is InChI=1S/C16H17NO2/c1-10-5-4-8-13-14(9-19-16(17)18)11-6-2-3-7-12(11)15(10)13/h2-4,6-8,10,14H,5,9H2,1H3,(H2,17,18). The highest BCUT2D eigenvalue weighted by atomic mass is 16.5. The Balaban J connectivity index is 2.03. The zero-order chi connectivity index (χ0) is 13.4. The van der Waals surface area contributed by atoms with Crippen molar-refractivity contribution in [3.05, 3.63) is 53.1 Å². The Morgan fingerprint density at radius 2 is 2.21 bits per heavy atom. The van der Waals surface area contributed by atoms with Crippen LogP contribution in [0.3, 0.4) is 0 Å². The van der Waals surface area contributed by atoms with Crippen molar-refractivity contribution in [1.29, 1.82) is 0 Å². The lowest BCUT2D eigenvalue weighted by molar-refractivity contribution is 0.153. The van der Waals surface area contributed by atoms with Crippen LogP contribution in [0.4, 0.5) is 4.79 Å². The fourth-order valence-electron chi connectivity index (χ4n) is 3.17. The summed E-state index contributed by atoms with van der Waals surface area (Å²) < 4.78 is 5.04. The molecule has 2 N–H and O–H groups in total. The third kappa shape index (κ3) is 1.95. The highest BCUT2D eigenvalue weighted by molar-refractivity contribution is 5.82. The first kappa shape index (κ1) is 12.0. The van der Waals surface area contributed by atoms with Crippen LogP contribution >= 0.6 is 0 Å². The van der Waals surface area contributed by atoms with Crippen LogP contribution in [-0.4, -0.2) is 12.7 Å². The third-order valence-electron chi connectivity index (χ3n) is 3.98. The minimum atomic E-state index is -0.709. The molecule has 2 aliphatic carbocycles. The number of hydrogen-bond acceptors (Lipinski definition) is 2. The number of allylic oxidation sites excluding steroid dienone is 3. The molecule has 0 heterocycles. The van der Waals surface area contributed by atoms with Crippen molar-refractivity contribution < 1.29 is 9.53 Å². The second-order valence-corrected chi connectivity index (χ2v) is 5.18. The summed E-state index contributed by atoms with van der Waals surface area (Å²) in [6.45, 7) is 2.56. The summed E-state index contributed by atoms with van der Waals surface area (Å²) >= 11 is 0. The predicted octanol–water partition coefficient (Wildman–Crippen LogP) is 3.23. The average Bonchev–Trinajstić information content (AvgIpc) is 2.71. The first-order valence-corrected chi connectivity index (χ1v) is 6.60. The van der Waals surface area contributed by atoms with Crippen LogP contribution in [0.2, 0.25) is 0 Å². The summed E-state index contributed by atoms with van der Waals surface area (Å²) in [5.74, 6) is 0.637. The number of benzene rings is 1. The monoisotopic (exact) mass is 255 g/mol. The highest BCUT2D eigenvalue weighted by Gasteiger charge is 2.33. The fraction of sp³-hybridized carbons (Fsp3) is 0.312. The number of carbonyl (C=O) groups excluding carboxylic acids is 1. The SMILES string of the molecule is CC1CC=CC2=C1c1ccccc1C2COC(N)=O. The maximum absolute atomic E-state index is 10.9. The van der Waals surface area contributed by atoms with Crippen molar-refractivity contribution in [1.82, 2.24) is 0 Å². The largest absolute Gasteiger partial charge is 0.449 e. The van der Waals surface area contributed by atoms with E-state index < -0.39 is 6.09 Å². The van der Waals surface area contributed by atoms with Gasteiger partial charge in [-0.2, -0.15) is 0 Å². The van der Waals surface area contributed by atoms with E-state index in [0.717, 1.165) is 6.42 Å². The second-order valence-electron chi connectivity index (χ2n) is 5.18. The predicted molar refractivity (Wildman–Crippen MR) is 74.6 cm³/mol. The number of hydrogen-bond donors (Lipinski definition) is 1. The number of ether oxygens (including phenoxy) is 1. The third-order valence-corrected chi connectivity index (χ3v) is 3.98. The molecule has 2 unspecified atom stereocenters. The van der Waals surface area contributed by atoms with Crippen molar-refractivity contribution >= 4 is 11.7 Å². The van der Waals surface area contributed by atoms with E-state index in [4.69, 9.17) is 10.5 Å². The van der Waals surface area contributed by atoms with Gasteiger partial charge in [0.2, 0.25) is 0 Å². The summed E-state index contributed by atoms with van der Waals surface area (Å²) in [5, 5.41) is 0. The summed E-state index contributed by atoms with van der Waals surface area (Å²) in [6, 6.07) is 8.36. The van der Waals surface area contributed by atoms with E-state index in [0.29, 0.717) is 12.5 Å². The molecule has 0 aliphatic heterocycles. The molecular weight excluding hydrogens is 238 g/mol. The van der Waals surface area contributed by atoms with Crippen LogP contribution in [0, 0.1) is 5.92 Å². The minimum absolute atomic E-state index is 0.123. The fourth-order valence-corrected chi connectivity index (χ4v) is 3.17. The zero-order valence-corrected chi connectivity index (χ0v) is 10.9. The molecule has 3 nitrogen and oxygen atoms in total. The van der Waals surface area contributed by atoms with Crippen LogP contribution in [0.1, 0.15) is 30.4 Å². The van der Waals surface area contributed by atoms with Gasteiger partial charge in [0.05, 0.1) is 0 Å². The lowest BCUT2D eigenvalue weighted by Gasteiger charge is -2.19. The number of rotatable bonds is 2. The molecule has 1 aromatic rings. The molecule has 1 amide bonds. The number of carbonyl (C=O) groups is 1. The Labute approximate surface area is 112 Å². The van der Waals surface area contributed by atoms with Gasteiger partial charge in [-0.3, -0.25) is 0 Å². The van der Waals surface area contributed by atoms with E-state index in [-0.39, 0.29) is 5.92 Å². The molecule has 3 rings (SSSR count). The molecule has 0 aromatic heterocycles. The summed E-state index contributed by atoms with van der Waals surface area (Å²) in [4.78, 5) is 10.9. The first-order chi connectivity index (χ1) is 9.18. The Hall–Kier alpha value is -2.03. The molecule has 0 bridgehead atoms. The smallest absolute Gasteiger partial charge is 0.404 e. The Morgan fingerprint density at radius 3 is 3.00 bits per heavy atom. The maximum atomic E-state index is 10.9. The van der Waals surface area contributed by atoms with E-state index in [9.17, 15) is 4.79 Å². The summed E-state index contributed by atoms with van der Waals surface area (Å²) in [7, 11) is 0. The van der Waals surface area contributed by atoms with E-state index in [2.05, 4.69) is 37.3 Å². The number of nitrogens with two attached hydrogens (primary N) is 1. The molecule has 0 saturated carbocycles. The van der Waals surface area contributed by atoms with Gasteiger partial charge in [-0.25, -0.2) is 4.79 Å². The Bertz CT molecular complexity index is 586. The lowest BCUT2D eigenvalue weighted by Crippen LogP contribution is -2.18. The highest BCUT2D eigenvalue weighted by Crippen LogP contribution is 2.48. The van der Waals surface area contributed by atoms with Crippen molar-refractivity contribution in [2.24, 2.45) is 11.7 Å². The molecule has 2 aliphatic rings. The first-order valence-electron chi connectivity index (χ1n) is 6.60. The molecule has 1 aromatic carbocycles. The molecule has 0 fully saturated rings. The van der Waals surface area contributed by atoms with E-state index in [1.807, 2.05) is 6.07 Å². The van der Waals surface area contributed by atoms with Gasteiger partial charge in [0, 0.05) is 5.92 Å². The quantitative estimate of drug-likeness (QED) is 0.882. The molecule has 0 saturated heterocycles. The minimum Gasteiger partial charge on any atom is -0.449 e. The van der Waals surface area contributed by atoms with Gasteiger partial charge in [-0.05, 0) is 34.6 Å². The lowest BCUT2D eigenvalue weighted by atomic mass is 9.86. The molecule has 98 valence electrons. The maximum Gasteiger partial charge on any atom is 0.404 e. The molecule has 19 heavy (non-hydrogen) atoms. The van der Waals surface area contributed by atoms with Crippen LogP contribution in [0.25, 0.3) is 5.57 Å². The topological polar surface area (TPSA) is 52.3 Å². The van der Waals surface area contributed by atoms with Crippen molar-refractivity contribution in [3.8, 4) is 0 Å². The van der Waals surface area contributed by atoms with Gasteiger partial charge in [0.25, 0.3) is 0 Å². The molecule has 3 heteroatoms.